The summed E-state index contributed by atoms with van der Waals surface area (Å²) in [5.41, 5.74) is 0. The van der Waals surface area contributed by atoms with Gasteiger partial charge in [-0.25, -0.2) is 0 Å². The largest absolute Gasteiger partial charge is 1.00 e. The first-order valence-corrected chi connectivity index (χ1v) is 4.56. The summed E-state index contributed by atoms with van der Waals surface area (Å²) in [5.74, 6) is 0. The molecule has 0 nitrogen and oxygen atoms in total. The van der Waals surface area contributed by atoms with E-state index in [0.29, 0.717) is 0 Å². The summed E-state index contributed by atoms with van der Waals surface area (Å²) in [6.07, 6.45) is 4.42. The van der Waals surface area contributed by atoms with Gasteiger partial charge in [0.1, 0.15) is 0 Å². The van der Waals surface area contributed by atoms with Crippen LogP contribution in [0.15, 0.2) is 0 Å². The molecule has 0 aliphatic heterocycles. The first-order chi connectivity index (χ1) is 4.06. The van der Waals surface area contributed by atoms with E-state index in [9.17, 15) is 0 Å². The number of hydrogen-bond donors (Lipinski definition) is 0. The topological polar surface area (TPSA) is 0 Å². The van der Waals surface area contributed by atoms with E-state index in [0.717, 1.165) is 12.8 Å². The Hall–Kier alpha value is 1.40. The van der Waals surface area contributed by atoms with Crippen LogP contribution in [0.1, 0.15) is 32.6 Å². The Labute approximate surface area is 87.5 Å². The molecule has 0 N–H and O–H groups in total. The Morgan fingerprint density at radius 2 is 1.80 bits per heavy atom. The molecule has 0 aromatic carbocycles. The monoisotopic (exact) mass is 215 g/mol. The summed E-state index contributed by atoms with van der Waals surface area (Å²) in [6.45, 7) is 2.16. The van der Waals surface area contributed by atoms with Crippen LogP contribution in [-0.4, -0.2) is 19.5 Å². The standard InChI is InChI=1S/C6H11Cl2.Al.ClH/c1-2-3-4-5-6(7)8;;/h2-5H2,1H3;;1H/q;+1;/p-1. The number of rotatable bonds is 4. The van der Waals surface area contributed by atoms with Crippen molar-refractivity contribution in [2.45, 2.75) is 35.8 Å². The minimum Gasteiger partial charge on any atom is -1.00 e. The molecule has 0 rings (SSSR count). The fourth-order valence-corrected chi connectivity index (χ4v) is 1.08. The van der Waals surface area contributed by atoms with Crippen LogP contribution >= 0.6 is 23.2 Å². The van der Waals surface area contributed by atoms with E-state index in [-0.39, 0.29) is 12.4 Å². The van der Waals surface area contributed by atoms with E-state index < -0.39 is 3.20 Å². The van der Waals surface area contributed by atoms with E-state index in [2.05, 4.69) is 23.2 Å². The molecule has 4 heteroatoms. The zero-order valence-corrected chi connectivity index (χ0v) is 9.46. The molecule has 0 aromatic heterocycles. The second-order valence-corrected chi connectivity index (χ2v) is 5.48. The van der Waals surface area contributed by atoms with Crippen LogP contribution in [0, 0.1) is 0 Å². The first kappa shape index (κ1) is 14.0. The Kier molecular flexibility index (Phi) is 9.87. The van der Waals surface area contributed by atoms with Gasteiger partial charge in [-0.15, -0.1) is 0 Å². The minimum atomic E-state index is -0.588. The molecule has 0 atom stereocenters. The predicted molar refractivity (Wildman–Crippen MR) is 44.3 cm³/mol. The third-order valence-corrected chi connectivity index (χ3v) is 1.78. The van der Waals surface area contributed by atoms with Crippen molar-refractivity contribution in [2.75, 3.05) is 0 Å². The summed E-state index contributed by atoms with van der Waals surface area (Å²) >= 11 is 13.8. The van der Waals surface area contributed by atoms with E-state index in [1.165, 1.54) is 12.8 Å². The third-order valence-electron chi connectivity index (χ3n) is 1.11. The van der Waals surface area contributed by atoms with Crippen molar-refractivity contribution < 1.29 is 12.4 Å². The predicted octanol–water partition coefficient (Wildman–Crippen LogP) is -0.129. The van der Waals surface area contributed by atoms with E-state index in [1.54, 1.807) is 0 Å². The fraction of sp³-hybridized carbons (Fsp3) is 1.00. The molecule has 0 aliphatic rings. The second-order valence-electron chi connectivity index (χ2n) is 2.22. The van der Waals surface area contributed by atoms with Crippen molar-refractivity contribution in [1.29, 1.82) is 0 Å². The molecule has 0 unspecified atom stereocenters. The van der Waals surface area contributed by atoms with E-state index >= 15 is 0 Å². The van der Waals surface area contributed by atoms with Gasteiger partial charge in [0.05, 0.1) is 0 Å². The van der Waals surface area contributed by atoms with Crippen LogP contribution in [0.2, 0.25) is 0 Å². The zero-order valence-electron chi connectivity index (χ0n) is 6.04. The van der Waals surface area contributed by atoms with Crippen LogP contribution in [0.4, 0.5) is 0 Å². The van der Waals surface area contributed by atoms with Gasteiger partial charge < -0.3 is 12.4 Å². The van der Waals surface area contributed by atoms with Crippen LogP contribution in [0.3, 0.4) is 0 Å². The van der Waals surface area contributed by atoms with Crippen molar-refractivity contribution in [3.05, 3.63) is 0 Å². The SMILES string of the molecule is CCCCC[C]([Al+])(Cl)Cl.[Cl-]. The maximum atomic E-state index is 5.70. The van der Waals surface area contributed by atoms with Crippen molar-refractivity contribution in [1.82, 2.24) is 0 Å². The second kappa shape index (κ2) is 7.07. The summed E-state index contributed by atoms with van der Waals surface area (Å²) < 4.78 is -0.588. The van der Waals surface area contributed by atoms with Gasteiger partial charge in [0.15, 0.2) is 0 Å². The molecule has 0 bridgehead atoms. The normalized spacial score (nSPS) is 10.6. The molecule has 0 aliphatic carbocycles. The average molecular weight is 216 g/mol. The molecule has 10 heavy (non-hydrogen) atoms. The molecule has 0 aromatic rings. The molecule has 59 valence electrons. The number of alkyl halides is 2. The molecule has 0 spiro atoms. The van der Waals surface area contributed by atoms with Crippen molar-refractivity contribution in [3.8, 4) is 0 Å². The quantitative estimate of drug-likeness (QED) is 0.349. The molecule has 1 radical (unpaired) electrons. The first-order valence-electron chi connectivity index (χ1n) is 3.23. The van der Waals surface area contributed by atoms with E-state index in [4.69, 9.17) is 23.2 Å². The van der Waals surface area contributed by atoms with Crippen LogP contribution in [0.5, 0.6) is 0 Å². The number of hydrogen-bond acceptors (Lipinski definition) is 0. The fourth-order valence-electron chi connectivity index (χ4n) is 0.611. The van der Waals surface area contributed by atoms with Gasteiger partial charge in [-0.2, -0.15) is 0 Å². The van der Waals surface area contributed by atoms with Gasteiger partial charge in [0, 0.05) is 0 Å². The van der Waals surface area contributed by atoms with Crippen LogP contribution in [0.25, 0.3) is 0 Å². The Balaban J connectivity index is 0. The van der Waals surface area contributed by atoms with Gasteiger partial charge in [0.2, 0.25) is 0 Å². The summed E-state index contributed by atoms with van der Waals surface area (Å²) in [7, 11) is 0. The number of unbranched alkanes of at least 4 members (excludes halogenated alkanes) is 2. The summed E-state index contributed by atoms with van der Waals surface area (Å²) in [6, 6.07) is 0. The molecule has 0 saturated carbocycles. The smallest absolute Gasteiger partial charge is 1.00 e. The van der Waals surface area contributed by atoms with Gasteiger partial charge in [-0.05, 0) is 0 Å². The molecular weight excluding hydrogens is 205 g/mol. The Morgan fingerprint density at radius 1 is 1.30 bits per heavy atom. The Bertz CT molecular complexity index is 69.9. The molecule has 0 fully saturated rings. The maximum absolute atomic E-state index is 5.70. The summed E-state index contributed by atoms with van der Waals surface area (Å²) in [5, 5.41) is 0. The summed E-state index contributed by atoms with van der Waals surface area (Å²) in [4.78, 5) is 0. The minimum absolute atomic E-state index is 0. The van der Waals surface area contributed by atoms with Gasteiger partial charge in [-0.1, -0.05) is 0 Å². The van der Waals surface area contributed by atoms with E-state index in [1.807, 2.05) is 0 Å². The van der Waals surface area contributed by atoms with Gasteiger partial charge >= 0.3 is 75.3 Å². The molecule has 0 heterocycles. The van der Waals surface area contributed by atoms with Crippen molar-refractivity contribution in [3.63, 3.8) is 0 Å². The average Bonchev–Trinajstić information content (AvgIpc) is 1.63. The molecular formula is C6H11AlCl3. The Morgan fingerprint density at radius 3 is 2.10 bits per heavy atom. The maximum Gasteiger partial charge on any atom is -1.00 e. The van der Waals surface area contributed by atoms with Crippen molar-refractivity contribution >= 4 is 39.5 Å². The van der Waals surface area contributed by atoms with Crippen LogP contribution < -0.4 is 12.4 Å². The van der Waals surface area contributed by atoms with Gasteiger partial charge in [0.25, 0.3) is 0 Å². The third kappa shape index (κ3) is 12.1. The van der Waals surface area contributed by atoms with Gasteiger partial charge in [-0.3, -0.25) is 0 Å². The van der Waals surface area contributed by atoms with Crippen LogP contribution in [-0.2, 0) is 0 Å². The zero-order chi connectivity index (χ0) is 7.33. The van der Waals surface area contributed by atoms with Crippen molar-refractivity contribution in [2.24, 2.45) is 0 Å². The molecule has 0 saturated heterocycles. The molecule has 0 amide bonds. The number of halogens is 3.